The number of aliphatic carboxylic acids is 2. The van der Waals surface area contributed by atoms with E-state index in [0.29, 0.717) is 81.9 Å². The molecule has 9 aliphatic rings. The van der Waals surface area contributed by atoms with E-state index in [1.165, 1.54) is 54.3 Å². The van der Waals surface area contributed by atoms with E-state index in [0.717, 1.165) is 99.3 Å². The van der Waals surface area contributed by atoms with Crippen molar-refractivity contribution < 1.29 is 62.8 Å². The Kier molecular flexibility index (Phi) is 33.6. The summed E-state index contributed by atoms with van der Waals surface area (Å²) in [6.45, 7) is 28.4. The number of benzene rings is 6. The minimum absolute atomic E-state index is 0.00304. The predicted molar refractivity (Wildman–Crippen MR) is 523 cm³/mol. The number of allylic oxidation sites excluding steroid dienone is 3. The molecule has 131 heavy (non-hydrogen) atoms. The molecule has 9 heterocycles. The van der Waals surface area contributed by atoms with E-state index in [1.807, 2.05) is 178 Å². The quantitative estimate of drug-likeness (QED) is 0.0367. The lowest BCUT2D eigenvalue weighted by Gasteiger charge is -2.37. The van der Waals surface area contributed by atoms with Gasteiger partial charge in [-0.05, 0) is 252 Å². The number of carboxylic acids is 2. The number of aliphatic imine (C=N–C) groups is 3. The molecule has 3 fully saturated rings. The zero-order valence-electron chi connectivity index (χ0n) is 76.5. The second kappa shape index (κ2) is 43.4. The van der Waals surface area contributed by atoms with Gasteiger partial charge in [-0.15, -0.1) is 0 Å². The van der Waals surface area contributed by atoms with Crippen LogP contribution in [0.2, 0.25) is 30.1 Å². The third kappa shape index (κ3) is 21.7. The summed E-state index contributed by atoms with van der Waals surface area (Å²) in [5.74, 6) is -3.45. The molecule has 700 valence electrons. The van der Waals surface area contributed by atoms with Crippen LogP contribution in [0.4, 0.5) is 0 Å². The van der Waals surface area contributed by atoms with Gasteiger partial charge in [0.1, 0.15) is 57.1 Å². The molecule has 0 radical (unpaired) electrons. The van der Waals surface area contributed by atoms with Crippen molar-refractivity contribution in [2.75, 3.05) is 40.5 Å². The van der Waals surface area contributed by atoms with Gasteiger partial charge in [0.2, 0.25) is 11.8 Å². The van der Waals surface area contributed by atoms with E-state index >= 15 is 0 Å². The maximum atomic E-state index is 14.6. The summed E-state index contributed by atoms with van der Waals surface area (Å²) in [4.78, 5) is 129. The van der Waals surface area contributed by atoms with E-state index in [4.69, 9.17) is 98.8 Å². The Hall–Kier alpha value is -8.58. The molecular weight excluding hydrogens is 1850 g/mol. The van der Waals surface area contributed by atoms with Gasteiger partial charge in [0.25, 0.3) is 11.8 Å². The van der Waals surface area contributed by atoms with Crippen LogP contribution < -0.4 is 10.6 Å². The van der Waals surface area contributed by atoms with Gasteiger partial charge in [0, 0.05) is 72.4 Å². The summed E-state index contributed by atoms with van der Waals surface area (Å²) in [6, 6.07) is 45.3. The average molecular weight is 1960 g/mol. The van der Waals surface area contributed by atoms with Crippen molar-refractivity contribution in [3.8, 4) is 0 Å². The number of ether oxygens (including phenoxy) is 3. The Balaban J connectivity index is 0.000000166. The number of fused-ring (bicyclic) bond motifs is 3. The molecule has 4 N–H and O–H groups in total. The Morgan fingerprint density at radius 3 is 1.21 bits per heavy atom. The Morgan fingerprint density at radius 2 is 0.863 bits per heavy atom. The molecule has 33 heteroatoms. The van der Waals surface area contributed by atoms with Crippen LogP contribution in [-0.4, -0.2) is 185 Å². The Labute approximate surface area is 810 Å². The van der Waals surface area contributed by atoms with Crippen molar-refractivity contribution in [2.45, 2.75) is 232 Å². The minimum Gasteiger partial charge on any atom is -0.480 e. The fraction of sp³-hybridized carbons (Fsp3) is 0.459. The molecule has 0 aromatic heterocycles. The third-order valence-electron chi connectivity index (χ3n) is 25.6. The highest BCUT2D eigenvalue weighted by atomic mass is 35.5. The van der Waals surface area contributed by atoms with Gasteiger partial charge in [-0.2, -0.15) is 0 Å². The molecule has 13 atom stereocenters. The van der Waals surface area contributed by atoms with Gasteiger partial charge < -0.3 is 64.5 Å². The Bertz CT molecular complexity index is 5440. The van der Waals surface area contributed by atoms with Crippen molar-refractivity contribution in [3.63, 3.8) is 0 Å². The molecule has 6 aromatic carbocycles. The maximum Gasteiger partial charge on any atom is 0.344 e. The second-order valence-electron chi connectivity index (χ2n) is 35.2. The Morgan fingerprint density at radius 1 is 0.496 bits per heavy atom. The van der Waals surface area contributed by atoms with Gasteiger partial charge >= 0.3 is 23.9 Å². The number of amidine groups is 3. The summed E-state index contributed by atoms with van der Waals surface area (Å²) in [5.41, 5.74) is 6.83. The number of thioether (sulfide) groups is 3. The smallest absolute Gasteiger partial charge is 0.344 e. The van der Waals surface area contributed by atoms with E-state index in [2.05, 4.69) is 87.6 Å². The SMILES string of the molecule is CC(C)C1=C(C(=O)O)SC2=N[C@@](C)(c3ccc(Cl)cc3)[C@@H](c3ccc(Cl)cc3)N21.CCOC(=O)CNC(=O)[C@@H]1CC[C@@H](CC)N1.CC[C@@H]1CC[C@@H](C(=O)N(C)CC(=O)O)N1C(=O)C1=C(C(C)C)N2C(=N[C@@](C)(c3ccc(Cl)cc3)[C@H]2c2ccc(Cl)cc2)S1.CC[C@@H]1CC[C@@H](C(C)OCC(=O)OC)N1C(=O)C1=C(C(C)C)N2C(=N[C@@](C)(c3ccc(Cl)cc3)[C@H]2c2ccc(Cl)cc2)S1. The molecule has 15 rings (SSSR count). The summed E-state index contributed by atoms with van der Waals surface area (Å²) in [6.07, 6.45) is 6.99. The molecule has 1 unspecified atom stereocenters. The molecule has 0 bridgehead atoms. The first-order valence-corrected chi connectivity index (χ1v) is 49.2. The number of rotatable bonds is 26. The fourth-order valence-electron chi connectivity index (χ4n) is 19.1. The van der Waals surface area contributed by atoms with Crippen molar-refractivity contribution in [2.24, 2.45) is 32.7 Å². The van der Waals surface area contributed by atoms with E-state index in [-0.39, 0.29) is 109 Å². The van der Waals surface area contributed by atoms with Gasteiger partial charge in [-0.3, -0.25) is 28.8 Å². The summed E-state index contributed by atoms with van der Waals surface area (Å²) < 4.78 is 15.4. The first-order valence-electron chi connectivity index (χ1n) is 44.5. The molecule has 4 amide bonds. The highest BCUT2D eigenvalue weighted by Crippen LogP contribution is 2.61. The van der Waals surface area contributed by atoms with E-state index in [9.17, 15) is 48.6 Å². The maximum absolute atomic E-state index is 14.6. The average Bonchev–Trinajstić information content (AvgIpc) is 1.55. The first-order chi connectivity index (χ1) is 62.2. The van der Waals surface area contributed by atoms with Crippen molar-refractivity contribution in [1.82, 2.24) is 40.0 Å². The molecule has 0 aliphatic carbocycles. The number of hydrogen-bond acceptors (Lipinski definition) is 21. The molecule has 3 saturated heterocycles. The lowest BCUT2D eigenvalue weighted by Crippen LogP contribution is -2.50. The van der Waals surface area contributed by atoms with Crippen LogP contribution in [-0.2, 0) is 69.2 Å². The number of carbonyl (C=O) groups is 8. The third-order valence-corrected chi connectivity index (χ3v) is 30.3. The number of carboxylic acid groups (broad SMARTS) is 2. The van der Waals surface area contributed by atoms with Crippen molar-refractivity contribution in [3.05, 3.63) is 241 Å². The largest absolute Gasteiger partial charge is 0.480 e. The standard InChI is InChI=1S/C33H39Cl2N3O4S.C32H36Cl2N4O4S.C22H20Cl2N2O2S.C11H20N2O3/c1-7-25-16-17-26(20(4)42-18-27(39)41-6)37(25)31(40)29-28(19(2)3)38-30(21-8-12-23(34)13-9-21)33(5,36-32(38)43-29)22-10-14-24(35)15-11-22;1-6-23-15-16-24(29(41)36(5)17-25(39)40)37(23)30(42)27-26(18(2)3)38-28(19-7-11-21(33)12-8-19)32(4,35-31(38)43-27)20-9-13-22(34)14-10-20;1-12(2)17-18(20(27)28)29-21-25-22(3,14-6-10-16(24)11-7-14)19(26(17)21)13-4-8-15(23)9-5-13;1-3-8-5-6-9(13-8)11(15)12-7-10(14)16-4-2/h8-15,19-20,25-26,30H,7,16-18H2,1-6H3;7-14,18,23-24,28H,6,15-17H2,1-5H3,(H,39,40);4-12,19H,1-3H3,(H,27,28);8-9,13H,3-7H2,1-2H3,(H,12,15)/t20?,25-,26+,30-,33+;23-,24+,28-,32+;19-,22+;8-,9+/m1111/s1. The van der Waals surface area contributed by atoms with Crippen LogP contribution in [0, 0.1) is 17.8 Å². The summed E-state index contributed by atoms with van der Waals surface area (Å²) in [7, 11) is 2.82. The van der Waals surface area contributed by atoms with Gasteiger partial charge in [0.05, 0.1) is 50.0 Å². The number of hydrogen-bond donors (Lipinski definition) is 4. The van der Waals surface area contributed by atoms with Crippen molar-refractivity contribution >= 4 is 168 Å². The number of nitrogens with zero attached hydrogens (tertiary/aromatic N) is 9. The zero-order chi connectivity index (χ0) is 95.2. The van der Waals surface area contributed by atoms with Crippen LogP contribution in [0.15, 0.2) is 192 Å². The topological polar surface area (TPSA) is 285 Å². The lowest BCUT2D eigenvalue weighted by atomic mass is 9.81. The van der Waals surface area contributed by atoms with Crippen LogP contribution in [0.1, 0.15) is 206 Å². The number of likely N-dealkylation sites (tertiary alicyclic amines) is 2. The predicted octanol–water partition coefficient (Wildman–Crippen LogP) is 20.6. The number of amides is 4. The zero-order valence-corrected chi connectivity index (χ0v) is 83.4. The summed E-state index contributed by atoms with van der Waals surface area (Å²) >= 11 is 41.4. The highest BCUT2D eigenvalue weighted by Gasteiger charge is 2.58. The fourth-order valence-corrected chi connectivity index (χ4v) is 23.8. The molecule has 0 saturated carbocycles. The molecule has 24 nitrogen and oxygen atoms in total. The van der Waals surface area contributed by atoms with Gasteiger partial charge in [0.15, 0.2) is 15.5 Å². The highest BCUT2D eigenvalue weighted by molar-refractivity contribution is 8.18. The number of nitrogens with one attached hydrogen (secondary N) is 2. The second-order valence-corrected chi connectivity index (χ2v) is 40.8. The van der Waals surface area contributed by atoms with Crippen LogP contribution in [0.3, 0.4) is 0 Å². The number of methoxy groups -OCH3 is 1. The summed E-state index contributed by atoms with van der Waals surface area (Å²) in [5, 5.41) is 31.0. The van der Waals surface area contributed by atoms with E-state index < -0.39 is 47.1 Å². The molecular formula is C98H115Cl6N11O13S3. The lowest BCUT2D eigenvalue weighted by molar-refractivity contribution is -0.149. The van der Waals surface area contributed by atoms with Crippen molar-refractivity contribution in [1.29, 1.82) is 0 Å². The van der Waals surface area contributed by atoms with E-state index in [1.54, 1.807) is 11.8 Å². The monoisotopic (exact) mass is 1960 g/mol. The number of esters is 2. The normalized spacial score (nSPS) is 24.8. The van der Waals surface area contributed by atoms with Gasteiger partial charge in [-0.1, -0.05) is 205 Å². The van der Waals surface area contributed by atoms with Gasteiger partial charge in [-0.25, -0.2) is 24.6 Å². The number of carbonyl (C=O) groups excluding carboxylic acids is 6. The van der Waals surface area contributed by atoms with Crippen LogP contribution >= 0.6 is 105 Å². The molecule has 9 aliphatic heterocycles. The molecule has 0 spiro atoms. The number of halogens is 6. The minimum atomic E-state index is -1.09. The first kappa shape index (κ1) is 101. The van der Waals surface area contributed by atoms with Crippen LogP contribution in [0.25, 0.3) is 0 Å². The molecule has 6 aromatic rings. The van der Waals surface area contributed by atoms with Crippen LogP contribution in [0.5, 0.6) is 0 Å². The number of likely N-dealkylation sites (N-methyl/N-ethyl adjacent to an activating group) is 1.